The van der Waals surface area contributed by atoms with Crippen molar-refractivity contribution in [2.24, 2.45) is 0 Å². The molecule has 3 N–H and O–H groups in total. The maximum Gasteiger partial charge on any atom is 0.276 e. The number of hydrogen-bond donors (Lipinski definition) is 3. The summed E-state index contributed by atoms with van der Waals surface area (Å²) in [7, 11) is 1.58. The van der Waals surface area contributed by atoms with Crippen LogP contribution in [-0.2, 0) is 16.0 Å². The van der Waals surface area contributed by atoms with Crippen molar-refractivity contribution in [1.29, 1.82) is 0 Å². The Morgan fingerprint density at radius 2 is 1.63 bits per heavy atom. The molecule has 8 heteroatoms. The fraction of sp³-hybridized carbons (Fsp3) is 0.136. The van der Waals surface area contributed by atoms with Gasteiger partial charge in [0, 0.05) is 5.39 Å². The van der Waals surface area contributed by atoms with Crippen LogP contribution in [0.25, 0.3) is 10.8 Å². The standard InChI is InChI=1S/C22H21N3O4S/c1-28-17-11-9-15(10-12-17)13-20(26)23-22(30)25-24-21(27)14-29-19-8-4-6-16-5-2-3-7-18(16)19/h2-12H,13-14H2,1H3,(H,24,27)(H2,23,25,26,30). The van der Waals surface area contributed by atoms with Gasteiger partial charge in [0.05, 0.1) is 13.5 Å². The van der Waals surface area contributed by atoms with Crippen molar-refractivity contribution < 1.29 is 19.1 Å². The molecule has 0 fully saturated rings. The van der Waals surface area contributed by atoms with Crippen molar-refractivity contribution in [3.63, 3.8) is 0 Å². The molecular formula is C22H21N3O4S. The molecule has 0 aromatic heterocycles. The van der Waals surface area contributed by atoms with Crippen LogP contribution in [-0.4, -0.2) is 30.6 Å². The first-order valence-corrected chi connectivity index (χ1v) is 9.58. The Balaban J connectivity index is 1.41. The Kier molecular flexibility index (Phi) is 7.18. The van der Waals surface area contributed by atoms with Crippen molar-refractivity contribution in [3.05, 3.63) is 72.3 Å². The third kappa shape index (κ3) is 5.92. The Morgan fingerprint density at radius 1 is 0.900 bits per heavy atom. The number of fused-ring (bicyclic) bond motifs is 1. The number of rotatable bonds is 6. The molecule has 0 aliphatic heterocycles. The van der Waals surface area contributed by atoms with Gasteiger partial charge < -0.3 is 14.8 Å². The van der Waals surface area contributed by atoms with Crippen LogP contribution in [0, 0.1) is 0 Å². The van der Waals surface area contributed by atoms with Gasteiger partial charge in [0.25, 0.3) is 5.91 Å². The van der Waals surface area contributed by atoms with E-state index in [1.807, 2.05) is 36.4 Å². The average Bonchev–Trinajstić information content (AvgIpc) is 2.76. The minimum absolute atomic E-state index is 0.00739. The van der Waals surface area contributed by atoms with Crippen LogP contribution in [0.3, 0.4) is 0 Å². The van der Waals surface area contributed by atoms with Gasteiger partial charge in [0.2, 0.25) is 5.91 Å². The van der Waals surface area contributed by atoms with Gasteiger partial charge in [0.1, 0.15) is 11.5 Å². The maximum absolute atomic E-state index is 12.0. The van der Waals surface area contributed by atoms with Crippen molar-refractivity contribution in [2.45, 2.75) is 6.42 Å². The Hall–Kier alpha value is -3.65. The highest BCUT2D eigenvalue weighted by Gasteiger charge is 2.09. The number of benzene rings is 3. The molecule has 154 valence electrons. The van der Waals surface area contributed by atoms with Gasteiger partial charge in [-0.05, 0) is 41.4 Å². The molecule has 0 bridgehead atoms. The Labute approximate surface area is 179 Å². The number of hydrogen-bond acceptors (Lipinski definition) is 5. The van der Waals surface area contributed by atoms with Crippen molar-refractivity contribution in [2.75, 3.05) is 13.7 Å². The predicted molar refractivity (Wildman–Crippen MR) is 118 cm³/mol. The summed E-state index contributed by atoms with van der Waals surface area (Å²) in [6, 6.07) is 20.5. The van der Waals surface area contributed by atoms with Crippen LogP contribution in [0.15, 0.2) is 66.7 Å². The first-order valence-electron chi connectivity index (χ1n) is 9.17. The van der Waals surface area contributed by atoms with E-state index in [1.165, 1.54) is 0 Å². The van der Waals surface area contributed by atoms with Crippen LogP contribution < -0.4 is 25.6 Å². The normalized spacial score (nSPS) is 10.2. The first-order chi connectivity index (χ1) is 14.5. The number of hydrazine groups is 1. The van der Waals surface area contributed by atoms with Gasteiger partial charge in [0.15, 0.2) is 11.7 Å². The van der Waals surface area contributed by atoms with Crippen molar-refractivity contribution in [1.82, 2.24) is 16.2 Å². The molecule has 2 amide bonds. The van der Waals surface area contributed by atoms with E-state index in [-0.39, 0.29) is 24.0 Å². The smallest absolute Gasteiger partial charge is 0.276 e. The van der Waals surface area contributed by atoms with E-state index in [9.17, 15) is 9.59 Å². The molecule has 0 saturated heterocycles. The number of carbonyl (C=O) groups is 2. The second kappa shape index (κ2) is 10.2. The second-order valence-electron chi connectivity index (χ2n) is 6.34. The number of carbonyl (C=O) groups excluding carboxylic acids is 2. The highest BCUT2D eigenvalue weighted by Crippen LogP contribution is 2.24. The lowest BCUT2D eigenvalue weighted by atomic mass is 10.1. The topological polar surface area (TPSA) is 88.7 Å². The van der Waals surface area contributed by atoms with Gasteiger partial charge in [-0.2, -0.15) is 0 Å². The monoisotopic (exact) mass is 423 g/mol. The number of thiocarbonyl (C=S) groups is 1. The zero-order valence-corrected chi connectivity index (χ0v) is 17.1. The summed E-state index contributed by atoms with van der Waals surface area (Å²) in [6.45, 7) is -0.205. The fourth-order valence-electron chi connectivity index (χ4n) is 2.76. The summed E-state index contributed by atoms with van der Waals surface area (Å²) in [5.74, 6) is 0.581. The van der Waals surface area contributed by atoms with Crippen LogP contribution >= 0.6 is 12.2 Å². The van der Waals surface area contributed by atoms with Gasteiger partial charge in [-0.15, -0.1) is 0 Å². The summed E-state index contributed by atoms with van der Waals surface area (Å²) in [6.07, 6.45) is 0.143. The molecule has 7 nitrogen and oxygen atoms in total. The van der Waals surface area contributed by atoms with Crippen LogP contribution in [0.4, 0.5) is 0 Å². The Morgan fingerprint density at radius 3 is 2.40 bits per heavy atom. The number of methoxy groups -OCH3 is 1. The molecule has 0 unspecified atom stereocenters. The molecule has 3 aromatic carbocycles. The van der Waals surface area contributed by atoms with E-state index in [0.717, 1.165) is 16.3 Å². The summed E-state index contributed by atoms with van der Waals surface area (Å²) < 4.78 is 10.7. The number of ether oxygens (including phenoxy) is 2. The Bertz CT molecular complexity index is 1050. The van der Waals surface area contributed by atoms with Gasteiger partial charge in [-0.1, -0.05) is 48.5 Å². The second-order valence-corrected chi connectivity index (χ2v) is 6.75. The molecule has 0 saturated carbocycles. The van der Waals surface area contributed by atoms with Crippen molar-refractivity contribution >= 4 is 39.9 Å². The molecular weight excluding hydrogens is 402 g/mol. The molecule has 30 heavy (non-hydrogen) atoms. The maximum atomic E-state index is 12.0. The van der Waals surface area contributed by atoms with Crippen LogP contribution in [0.1, 0.15) is 5.56 Å². The minimum Gasteiger partial charge on any atom is -0.497 e. The molecule has 3 rings (SSSR count). The van der Waals surface area contributed by atoms with Gasteiger partial charge in [-0.3, -0.25) is 20.4 Å². The molecule has 0 heterocycles. The summed E-state index contributed by atoms with van der Waals surface area (Å²) in [5.41, 5.74) is 5.70. The molecule has 0 spiro atoms. The number of amides is 2. The lowest BCUT2D eigenvalue weighted by molar-refractivity contribution is -0.124. The highest BCUT2D eigenvalue weighted by atomic mass is 32.1. The van der Waals surface area contributed by atoms with Crippen LogP contribution in [0.2, 0.25) is 0 Å². The predicted octanol–water partition coefficient (Wildman–Crippen LogP) is 2.49. The van der Waals surface area contributed by atoms with E-state index in [0.29, 0.717) is 11.5 Å². The van der Waals surface area contributed by atoms with E-state index in [2.05, 4.69) is 16.2 Å². The number of nitrogens with one attached hydrogen (secondary N) is 3. The third-order valence-electron chi connectivity index (χ3n) is 4.20. The fourth-order valence-corrected chi connectivity index (χ4v) is 2.92. The first kappa shape index (κ1) is 21.1. The zero-order valence-electron chi connectivity index (χ0n) is 16.3. The van der Waals surface area contributed by atoms with Crippen molar-refractivity contribution in [3.8, 4) is 11.5 Å². The highest BCUT2D eigenvalue weighted by molar-refractivity contribution is 7.80. The zero-order chi connectivity index (χ0) is 21.3. The van der Waals surface area contributed by atoms with Crippen LogP contribution in [0.5, 0.6) is 11.5 Å². The lowest BCUT2D eigenvalue weighted by Crippen LogP contribution is -2.49. The van der Waals surface area contributed by atoms with Gasteiger partial charge in [-0.25, -0.2) is 0 Å². The lowest BCUT2D eigenvalue weighted by Gasteiger charge is -2.12. The van der Waals surface area contributed by atoms with E-state index < -0.39 is 5.91 Å². The minimum atomic E-state index is -0.435. The summed E-state index contributed by atoms with van der Waals surface area (Å²) in [5, 5.41) is 4.44. The third-order valence-corrected chi connectivity index (χ3v) is 4.40. The van der Waals surface area contributed by atoms with E-state index in [1.54, 1.807) is 37.4 Å². The van der Waals surface area contributed by atoms with E-state index in [4.69, 9.17) is 21.7 Å². The molecule has 0 atom stereocenters. The summed E-state index contributed by atoms with van der Waals surface area (Å²) >= 11 is 5.03. The molecule has 0 aliphatic rings. The van der Waals surface area contributed by atoms with Gasteiger partial charge >= 0.3 is 0 Å². The largest absolute Gasteiger partial charge is 0.497 e. The molecule has 3 aromatic rings. The summed E-state index contributed by atoms with van der Waals surface area (Å²) in [4.78, 5) is 24.1. The SMILES string of the molecule is COc1ccc(CC(=O)NC(=S)NNC(=O)COc2cccc3ccccc23)cc1. The van der Waals surface area contributed by atoms with E-state index >= 15 is 0 Å². The average molecular weight is 423 g/mol. The quantitative estimate of drug-likeness (QED) is 0.417. The molecule has 0 radical (unpaired) electrons. The molecule has 0 aliphatic carbocycles.